The number of aliphatic carboxylic acids is 1. The third-order valence-electron chi connectivity index (χ3n) is 7.01. The monoisotopic (exact) mass is 582 g/mol. The van der Waals surface area contributed by atoms with Gasteiger partial charge in [0.05, 0.1) is 13.2 Å². The topological polar surface area (TPSA) is 142 Å². The lowest BCUT2D eigenvalue weighted by Gasteiger charge is -2.18. The van der Waals surface area contributed by atoms with Gasteiger partial charge in [-0.2, -0.15) is 0 Å². The SMILES string of the molecule is CCCC/C=C\CCCCCCCC(=O)OC(CCCCCC)CCCCCC(=O)NCC(=O)NC(CO)C(=O)O. The minimum atomic E-state index is -1.39. The molecule has 0 saturated heterocycles. The molecule has 0 aromatic heterocycles. The minimum Gasteiger partial charge on any atom is -0.480 e. The third-order valence-corrected chi connectivity index (χ3v) is 7.01. The van der Waals surface area contributed by atoms with E-state index in [2.05, 4.69) is 36.6 Å². The first-order chi connectivity index (χ1) is 19.8. The number of allylic oxidation sites excluding steroid dienone is 2. The van der Waals surface area contributed by atoms with Crippen LogP contribution in [0.2, 0.25) is 0 Å². The third kappa shape index (κ3) is 25.0. The molecular weight excluding hydrogens is 524 g/mol. The average molecular weight is 583 g/mol. The Morgan fingerprint density at radius 2 is 1.27 bits per heavy atom. The van der Waals surface area contributed by atoms with Crippen LogP contribution in [0.5, 0.6) is 0 Å². The van der Waals surface area contributed by atoms with Crippen molar-refractivity contribution < 1.29 is 34.1 Å². The van der Waals surface area contributed by atoms with E-state index >= 15 is 0 Å². The number of esters is 1. The highest BCUT2D eigenvalue weighted by Crippen LogP contribution is 2.17. The summed E-state index contributed by atoms with van der Waals surface area (Å²) in [6.45, 7) is 3.32. The predicted octanol–water partition coefficient (Wildman–Crippen LogP) is 5.97. The van der Waals surface area contributed by atoms with Crippen molar-refractivity contribution in [2.24, 2.45) is 0 Å². The highest BCUT2D eigenvalue weighted by molar-refractivity contribution is 5.87. The van der Waals surface area contributed by atoms with Gasteiger partial charge in [0.25, 0.3) is 0 Å². The Hall–Kier alpha value is -2.42. The number of amides is 2. The first kappa shape index (κ1) is 38.6. The maximum absolute atomic E-state index is 12.5. The Kier molecular flexibility index (Phi) is 26.1. The number of carbonyl (C=O) groups excluding carboxylic acids is 3. The summed E-state index contributed by atoms with van der Waals surface area (Å²) in [6, 6.07) is -1.39. The van der Waals surface area contributed by atoms with Gasteiger partial charge in [-0.25, -0.2) is 4.79 Å². The molecule has 0 rings (SSSR count). The number of hydrogen-bond acceptors (Lipinski definition) is 6. The molecule has 0 bridgehead atoms. The van der Waals surface area contributed by atoms with E-state index in [1.54, 1.807) is 0 Å². The lowest BCUT2D eigenvalue weighted by atomic mass is 10.0. The molecule has 4 N–H and O–H groups in total. The number of carbonyl (C=O) groups is 4. The second kappa shape index (κ2) is 27.7. The number of unbranched alkanes of at least 4 members (excludes halogenated alkanes) is 12. The molecule has 0 aliphatic heterocycles. The molecule has 0 spiro atoms. The molecule has 238 valence electrons. The molecule has 0 aliphatic rings. The minimum absolute atomic E-state index is 0.0786. The standard InChI is InChI=1S/C32H58N2O7/c1-3-5-7-9-10-11-12-13-14-15-20-24-31(38)41-27(21-17-8-6-4-2)22-18-16-19-23-29(36)33-25-30(37)34-28(26-35)32(39)40/h9-10,27-28,35H,3-8,11-26H2,1-2H3,(H,33,36)(H,34,37)(H,39,40)/b10-9-. The quantitative estimate of drug-likeness (QED) is 0.0505. The molecule has 2 atom stereocenters. The van der Waals surface area contributed by atoms with Gasteiger partial charge in [-0.3, -0.25) is 14.4 Å². The lowest BCUT2D eigenvalue weighted by molar-refractivity contribution is -0.150. The summed E-state index contributed by atoms with van der Waals surface area (Å²) in [5.41, 5.74) is 0. The van der Waals surface area contributed by atoms with Crippen molar-refractivity contribution in [3.05, 3.63) is 12.2 Å². The number of carboxylic acids is 1. The summed E-state index contributed by atoms with van der Waals surface area (Å²) >= 11 is 0. The van der Waals surface area contributed by atoms with Crippen molar-refractivity contribution in [3.63, 3.8) is 0 Å². The van der Waals surface area contributed by atoms with Crippen molar-refractivity contribution in [3.8, 4) is 0 Å². The van der Waals surface area contributed by atoms with Crippen LogP contribution in [-0.2, 0) is 23.9 Å². The van der Waals surface area contributed by atoms with E-state index < -0.39 is 24.5 Å². The summed E-state index contributed by atoms with van der Waals surface area (Å²) in [5, 5.41) is 22.4. The summed E-state index contributed by atoms with van der Waals surface area (Å²) in [7, 11) is 0. The van der Waals surface area contributed by atoms with Crippen molar-refractivity contribution in [2.75, 3.05) is 13.2 Å². The average Bonchev–Trinajstić information content (AvgIpc) is 2.95. The van der Waals surface area contributed by atoms with Crippen LogP contribution in [0.4, 0.5) is 0 Å². The zero-order valence-corrected chi connectivity index (χ0v) is 25.8. The fourth-order valence-corrected chi connectivity index (χ4v) is 4.46. The van der Waals surface area contributed by atoms with Gasteiger partial charge in [-0.1, -0.05) is 83.8 Å². The molecule has 2 unspecified atom stereocenters. The molecule has 0 fully saturated rings. The summed E-state index contributed by atoms with van der Waals surface area (Å²) in [6.07, 6.45) is 24.0. The molecule has 0 heterocycles. The number of nitrogens with one attached hydrogen (secondary N) is 2. The van der Waals surface area contributed by atoms with Crippen LogP contribution in [0.1, 0.15) is 142 Å². The highest BCUT2D eigenvalue weighted by atomic mass is 16.5. The molecule has 9 heteroatoms. The van der Waals surface area contributed by atoms with Crippen molar-refractivity contribution in [1.29, 1.82) is 0 Å². The van der Waals surface area contributed by atoms with E-state index in [1.165, 1.54) is 38.5 Å². The Balaban J connectivity index is 4.15. The fourth-order valence-electron chi connectivity index (χ4n) is 4.46. The Morgan fingerprint density at radius 3 is 1.90 bits per heavy atom. The largest absolute Gasteiger partial charge is 0.480 e. The van der Waals surface area contributed by atoms with Crippen LogP contribution in [0.15, 0.2) is 12.2 Å². The number of aliphatic hydroxyl groups excluding tert-OH is 1. The Labute approximate surface area is 248 Å². The van der Waals surface area contributed by atoms with E-state index in [4.69, 9.17) is 14.9 Å². The van der Waals surface area contributed by atoms with Crippen LogP contribution in [-0.4, -0.2) is 59.3 Å². The summed E-state index contributed by atoms with van der Waals surface area (Å²) < 4.78 is 5.84. The molecule has 41 heavy (non-hydrogen) atoms. The number of rotatable bonds is 28. The zero-order valence-electron chi connectivity index (χ0n) is 25.8. The molecule has 2 amide bonds. The van der Waals surface area contributed by atoms with Gasteiger partial charge in [-0.05, 0) is 57.8 Å². The summed E-state index contributed by atoms with van der Waals surface area (Å²) in [5.74, 6) is -2.40. The molecule has 0 radical (unpaired) electrons. The van der Waals surface area contributed by atoms with Crippen molar-refractivity contribution in [2.45, 2.75) is 154 Å². The summed E-state index contributed by atoms with van der Waals surface area (Å²) in [4.78, 5) is 47.0. The molecule has 0 aromatic carbocycles. The first-order valence-electron chi connectivity index (χ1n) is 16.1. The normalized spacial score (nSPS) is 12.7. The predicted molar refractivity (Wildman–Crippen MR) is 162 cm³/mol. The van der Waals surface area contributed by atoms with Gasteiger partial charge in [0, 0.05) is 12.8 Å². The second-order valence-electron chi connectivity index (χ2n) is 10.9. The maximum atomic E-state index is 12.5. The van der Waals surface area contributed by atoms with Crippen LogP contribution >= 0.6 is 0 Å². The van der Waals surface area contributed by atoms with Gasteiger partial charge in [-0.15, -0.1) is 0 Å². The zero-order chi connectivity index (χ0) is 30.6. The van der Waals surface area contributed by atoms with E-state index in [-0.39, 0.29) is 30.9 Å². The van der Waals surface area contributed by atoms with Crippen LogP contribution in [0.25, 0.3) is 0 Å². The molecule has 9 nitrogen and oxygen atoms in total. The van der Waals surface area contributed by atoms with Gasteiger partial charge >= 0.3 is 11.9 Å². The number of ether oxygens (including phenoxy) is 1. The van der Waals surface area contributed by atoms with E-state index in [0.717, 1.165) is 70.6 Å². The van der Waals surface area contributed by atoms with Crippen LogP contribution in [0.3, 0.4) is 0 Å². The smallest absolute Gasteiger partial charge is 0.328 e. The number of carboxylic acid groups (broad SMARTS) is 1. The molecule has 0 saturated carbocycles. The van der Waals surface area contributed by atoms with Gasteiger partial charge < -0.3 is 25.6 Å². The lowest BCUT2D eigenvalue weighted by Crippen LogP contribution is -2.47. The van der Waals surface area contributed by atoms with Crippen LogP contribution < -0.4 is 10.6 Å². The van der Waals surface area contributed by atoms with Crippen molar-refractivity contribution in [1.82, 2.24) is 10.6 Å². The van der Waals surface area contributed by atoms with E-state index in [1.807, 2.05) is 0 Å². The molecule has 0 aromatic rings. The van der Waals surface area contributed by atoms with E-state index in [9.17, 15) is 19.2 Å². The van der Waals surface area contributed by atoms with E-state index in [0.29, 0.717) is 12.8 Å². The van der Waals surface area contributed by atoms with Crippen LogP contribution in [0, 0.1) is 0 Å². The second-order valence-corrected chi connectivity index (χ2v) is 10.9. The maximum Gasteiger partial charge on any atom is 0.328 e. The van der Waals surface area contributed by atoms with Crippen molar-refractivity contribution >= 4 is 23.8 Å². The van der Waals surface area contributed by atoms with Gasteiger partial charge in [0.2, 0.25) is 11.8 Å². The molecule has 0 aliphatic carbocycles. The molecular formula is C32H58N2O7. The Morgan fingerprint density at radius 1 is 0.707 bits per heavy atom. The number of aliphatic hydroxyl groups is 1. The van der Waals surface area contributed by atoms with Gasteiger partial charge in [0.1, 0.15) is 12.1 Å². The Bertz CT molecular complexity index is 727. The fraction of sp³-hybridized carbons (Fsp3) is 0.812. The number of hydrogen-bond donors (Lipinski definition) is 4. The first-order valence-corrected chi connectivity index (χ1v) is 16.1. The van der Waals surface area contributed by atoms with Gasteiger partial charge in [0.15, 0.2) is 0 Å². The highest BCUT2D eigenvalue weighted by Gasteiger charge is 2.19.